The van der Waals surface area contributed by atoms with Gasteiger partial charge in [0.15, 0.2) is 0 Å². The number of hydrogen-bond donors (Lipinski definition) is 2. The maximum Gasteiger partial charge on any atom is 0.254 e. The molecule has 1 aromatic heterocycles. The summed E-state index contributed by atoms with van der Waals surface area (Å²) < 4.78 is 0. The van der Waals surface area contributed by atoms with Gasteiger partial charge in [0.1, 0.15) is 0 Å². The molecule has 1 aromatic carbocycles. The number of nitrogens with one attached hydrogen (secondary N) is 2. The van der Waals surface area contributed by atoms with E-state index in [9.17, 15) is 4.79 Å². The van der Waals surface area contributed by atoms with Crippen LogP contribution in [-0.4, -0.2) is 22.4 Å². The van der Waals surface area contributed by atoms with E-state index in [1.165, 1.54) is 18.0 Å². The molecule has 5 heteroatoms. The summed E-state index contributed by atoms with van der Waals surface area (Å²) in [5.74, 6) is 0.244. The molecule has 0 aliphatic carbocycles. The van der Waals surface area contributed by atoms with Crippen molar-refractivity contribution in [2.75, 3.05) is 11.9 Å². The highest BCUT2D eigenvalue weighted by atomic mass is 16.1. The van der Waals surface area contributed by atoms with Crippen molar-refractivity contribution >= 4 is 17.5 Å². The first-order valence-corrected chi connectivity index (χ1v) is 7.49. The SMILES string of the molecule is C=CCNC(=O)c1cnc(Nc2ccccc2C(C)(C)C)nc1. The molecule has 1 amide bonds. The standard InChI is InChI=1S/C18H22N4O/c1-5-10-19-16(23)13-11-20-17(21-12-13)22-15-9-7-6-8-14(15)18(2,3)4/h5-9,11-12H,1,10H2,2-4H3,(H,19,23)(H,20,21,22). The minimum absolute atomic E-state index is 0.00804. The Kier molecular flexibility index (Phi) is 5.11. The molecule has 0 saturated heterocycles. The molecule has 0 radical (unpaired) electrons. The number of anilines is 2. The zero-order chi connectivity index (χ0) is 16.9. The van der Waals surface area contributed by atoms with Crippen molar-refractivity contribution in [2.45, 2.75) is 26.2 Å². The van der Waals surface area contributed by atoms with Crippen molar-refractivity contribution in [3.63, 3.8) is 0 Å². The van der Waals surface area contributed by atoms with Crippen LogP contribution in [0.4, 0.5) is 11.6 Å². The third-order valence-corrected chi connectivity index (χ3v) is 3.30. The number of para-hydroxylation sites is 1. The van der Waals surface area contributed by atoms with Gasteiger partial charge in [-0.3, -0.25) is 4.79 Å². The minimum Gasteiger partial charge on any atom is -0.348 e. The second-order valence-corrected chi connectivity index (χ2v) is 6.21. The van der Waals surface area contributed by atoms with Crippen LogP contribution in [0.5, 0.6) is 0 Å². The van der Waals surface area contributed by atoms with Crippen LogP contribution in [0.3, 0.4) is 0 Å². The van der Waals surface area contributed by atoms with E-state index in [0.29, 0.717) is 18.1 Å². The number of aromatic nitrogens is 2. The van der Waals surface area contributed by atoms with Gasteiger partial charge in [-0.25, -0.2) is 9.97 Å². The van der Waals surface area contributed by atoms with Crippen molar-refractivity contribution < 1.29 is 4.79 Å². The lowest BCUT2D eigenvalue weighted by molar-refractivity contribution is 0.0957. The summed E-state index contributed by atoms with van der Waals surface area (Å²) in [6, 6.07) is 8.06. The lowest BCUT2D eigenvalue weighted by Gasteiger charge is -2.22. The molecule has 0 aliphatic heterocycles. The zero-order valence-electron chi connectivity index (χ0n) is 13.8. The molecule has 2 aromatic rings. The van der Waals surface area contributed by atoms with Gasteiger partial charge in [0.05, 0.1) is 5.56 Å². The highest BCUT2D eigenvalue weighted by Gasteiger charge is 2.17. The molecule has 0 spiro atoms. The van der Waals surface area contributed by atoms with Crippen LogP contribution in [0.1, 0.15) is 36.7 Å². The third-order valence-electron chi connectivity index (χ3n) is 3.30. The summed E-state index contributed by atoms with van der Waals surface area (Å²) in [5.41, 5.74) is 2.57. The molecule has 23 heavy (non-hydrogen) atoms. The van der Waals surface area contributed by atoms with Gasteiger partial charge in [0, 0.05) is 24.6 Å². The van der Waals surface area contributed by atoms with E-state index in [2.05, 4.69) is 54.0 Å². The lowest BCUT2D eigenvalue weighted by Crippen LogP contribution is -2.23. The van der Waals surface area contributed by atoms with Crippen LogP contribution in [0, 0.1) is 0 Å². The predicted octanol–water partition coefficient (Wildman–Crippen LogP) is 3.43. The Labute approximate surface area is 136 Å². The zero-order valence-corrected chi connectivity index (χ0v) is 13.8. The number of carbonyl (C=O) groups excluding carboxylic acids is 1. The Morgan fingerprint density at radius 3 is 2.48 bits per heavy atom. The van der Waals surface area contributed by atoms with Gasteiger partial charge in [-0.1, -0.05) is 45.0 Å². The maximum absolute atomic E-state index is 11.8. The Morgan fingerprint density at radius 1 is 1.22 bits per heavy atom. The van der Waals surface area contributed by atoms with Crippen LogP contribution < -0.4 is 10.6 Å². The first kappa shape index (κ1) is 16.7. The second kappa shape index (κ2) is 7.05. The number of benzene rings is 1. The van der Waals surface area contributed by atoms with E-state index in [1.54, 1.807) is 6.08 Å². The topological polar surface area (TPSA) is 66.9 Å². The normalized spacial score (nSPS) is 10.9. The largest absolute Gasteiger partial charge is 0.348 e. The maximum atomic E-state index is 11.8. The average Bonchev–Trinajstić information content (AvgIpc) is 2.53. The van der Waals surface area contributed by atoms with Crippen molar-refractivity contribution in [3.8, 4) is 0 Å². The second-order valence-electron chi connectivity index (χ2n) is 6.21. The van der Waals surface area contributed by atoms with Crippen LogP contribution in [0.15, 0.2) is 49.3 Å². The summed E-state index contributed by atoms with van der Waals surface area (Å²) in [5, 5.41) is 5.91. The monoisotopic (exact) mass is 310 g/mol. The van der Waals surface area contributed by atoms with Gasteiger partial charge < -0.3 is 10.6 Å². The van der Waals surface area contributed by atoms with Crippen molar-refractivity contribution in [1.29, 1.82) is 0 Å². The first-order chi connectivity index (χ1) is 10.9. The molecule has 0 aliphatic rings. The molecule has 0 saturated carbocycles. The van der Waals surface area contributed by atoms with Crippen molar-refractivity contribution in [2.24, 2.45) is 0 Å². The quantitative estimate of drug-likeness (QED) is 0.830. The highest BCUT2D eigenvalue weighted by Crippen LogP contribution is 2.30. The summed E-state index contributed by atoms with van der Waals surface area (Å²) in [4.78, 5) is 20.2. The van der Waals surface area contributed by atoms with Gasteiger partial charge >= 0.3 is 0 Å². The Balaban J connectivity index is 2.16. The Morgan fingerprint density at radius 2 is 1.87 bits per heavy atom. The third kappa shape index (κ3) is 4.39. The fourth-order valence-corrected chi connectivity index (χ4v) is 2.14. The molecule has 0 atom stereocenters. The molecule has 0 unspecified atom stereocenters. The van der Waals surface area contributed by atoms with Gasteiger partial charge in [-0.2, -0.15) is 0 Å². The van der Waals surface area contributed by atoms with E-state index < -0.39 is 0 Å². The molecule has 2 N–H and O–H groups in total. The van der Waals surface area contributed by atoms with Crippen molar-refractivity contribution in [3.05, 3.63) is 60.4 Å². The van der Waals surface area contributed by atoms with Gasteiger partial charge in [0.2, 0.25) is 5.95 Å². The van der Waals surface area contributed by atoms with E-state index in [0.717, 1.165) is 5.69 Å². The van der Waals surface area contributed by atoms with Crippen LogP contribution >= 0.6 is 0 Å². The Hall–Kier alpha value is -2.69. The molecule has 2 rings (SSSR count). The van der Waals surface area contributed by atoms with Crippen molar-refractivity contribution in [1.82, 2.24) is 15.3 Å². The minimum atomic E-state index is -0.216. The smallest absolute Gasteiger partial charge is 0.254 e. The first-order valence-electron chi connectivity index (χ1n) is 7.49. The lowest BCUT2D eigenvalue weighted by atomic mass is 9.86. The van der Waals surface area contributed by atoms with Gasteiger partial charge in [0.25, 0.3) is 5.91 Å². The van der Waals surface area contributed by atoms with Crippen LogP contribution in [-0.2, 0) is 5.41 Å². The number of nitrogens with zero attached hydrogens (tertiary/aromatic N) is 2. The van der Waals surface area contributed by atoms with Crippen LogP contribution in [0.2, 0.25) is 0 Å². The molecule has 0 bridgehead atoms. The fourth-order valence-electron chi connectivity index (χ4n) is 2.14. The Bertz CT molecular complexity index is 687. The van der Waals surface area contributed by atoms with Gasteiger partial charge in [-0.15, -0.1) is 6.58 Å². The average molecular weight is 310 g/mol. The molecule has 5 nitrogen and oxygen atoms in total. The number of hydrogen-bond acceptors (Lipinski definition) is 4. The fraction of sp³-hybridized carbons (Fsp3) is 0.278. The molecule has 120 valence electrons. The summed E-state index contributed by atoms with van der Waals surface area (Å²) >= 11 is 0. The van der Waals surface area contributed by atoms with E-state index >= 15 is 0 Å². The predicted molar refractivity (Wildman–Crippen MR) is 93.0 cm³/mol. The van der Waals surface area contributed by atoms with E-state index in [1.807, 2.05) is 18.2 Å². The molecular formula is C18H22N4O. The summed E-state index contributed by atoms with van der Waals surface area (Å²) in [7, 11) is 0. The summed E-state index contributed by atoms with van der Waals surface area (Å²) in [6.45, 7) is 10.4. The van der Waals surface area contributed by atoms with Gasteiger partial charge in [-0.05, 0) is 17.0 Å². The number of rotatable bonds is 5. The number of carbonyl (C=O) groups is 1. The van der Waals surface area contributed by atoms with E-state index in [4.69, 9.17) is 0 Å². The highest BCUT2D eigenvalue weighted by molar-refractivity contribution is 5.93. The molecule has 1 heterocycles. The van der Waals surface area contributed by atoms with E-state index in [-0.39, 0.29) is 11.3 Å². The molecule has 0 fully saturated rings. The molecular weight excluding hydrogens is 288 g/mol. The van der Waals surface area contributed by atoms with Crippen LogP contribution in [0.25, 0.3) is 0 Å². The summed E-state index contributed by atoms with van der Waals surface area (Å²) in [6.07, 6.45) is 4.64. The number of amides is 1.